The topological polar surface area (TPSA) is 18.5 Å². The number of unbranched alkanes of at least 4 members (excludes halogenated alkanes) is 4. The average Bonchev–Trinajstić information content (AvgIpc) is 2.51. The van der Waals surface area contributed by atoms with Crippen LogP contribution in [0.15, 0.2) is 24.5 Å². The third kappa shape index (κ3) is 11.2. The zero-order valence-electron chi connectivity index (χ0n) is 9.37. The molecule has 0 unspecified atom stereocenters. The van der Waals surface area contributed by atoms with E-state index >= 15 is 0 Å². The maximum absolute atomic E-state index is 4.52. The summed E-state index contributed by atoms with van der Waals surface area (Å²) >= 11 is 0. The molecule has 1 rings (SSSR count). The summed E-state index contributed by atoms with van der Waals surface area (Å²) in [5, 5.41) is 0. The van der Waals surface area contributed by atoms with Gasteiger partial charge in [-0.15, -0.1) is 0 Å². The fourth-order valence-electron chi connectivity index (χ4n) is 1.01. The molecular weight excluding hydrogens is 176 g/mol. The fourth-order valence-corrected chi connectivity index (χ4v) is 1.01. The number of allylic oxidation sites excluding steroid dienone is 2. The third-order valence-electron chi connectivity index (χ3n) is 1.82. The minimum Gasteiger partial charge on any atom is -0.345 e. The molecule has 0 saturated heterocycles. The smallest absolute Gasteiger partial charge is 0.129 e. The van der Waals surface area contributed by atoms with Crippen LogP contribution >= 0.6 is 0 Å². The molecule has 0 N–H and O–H groups in total. The van der Waals surface area contributed by atoms with E-state index in [9.17, 15) is 0 Å². The van der Waals surface area contributed by atoms with Gasteiger partial charge in [-0.2, -0.15) is 4.89 Å². The van der Waals surface area contributed by atoms with Crippen LogP contribution in [0.5, 0.6) is 0 Å². The molecule has 0 bridgehead atoms. The van der Waals surface area contributed by atoms with Gasteiger partial charge < -0.3 is 4.89 Å². The van der Waals surface area contributed by atoms with Crippen molar-refractivity contribution in [2.45, 2.75) is 46.0 Å². The van der Waals surface area contributed by atoms with Crippen LogP contribution in [0, 0.1) is 0 Å². The molecule has 0 aromatic rings. The Kier molecular flexibility index (Phi) is 11.6. The van der Waals surface area contributed by atoms with Crippen LogP contribution in [0.3, 0.4) is 0 Å². The van der Waals surface area contributed by atoms with Gasteiger partial charge >= 0.3 is 0 Å². The van der Waals surface area contributed by atoms with Crippen LogP contribution in [-0.2, 0) is 9.78 Å². The molecule has 1 aliphatic rings. The van der Waals surface area contributed by atoms with E-state index in [2.05, 4.69) is 23.6 Å². The Morgan fingerprint density at radius 3 is 2.36 bits per heavy atom. The van der Waals surface area contributed by atoms with Crippen molar-refractivity contribution >= 4 is 0 Å². The van der Waals surface area contributed by atoms with Crippen molar-refractivity contribution in [1.82, 2.24) is 0 Å². The Balaban J connectivity index is 0.000000241. The molecule has 0 aliphatic carbocycles. The zero-order chi connectivity index (χ0) is 10.5. The zero-order valence-corrected chi connectivity index (χ0v) is 9.37. The maximum atomic E-state index is 4.52. The van der Waals surface area contributed by atoms with Crippen molar-refractivity contribution in [3.8, 4) is 0 Å². The summed E-state index contributed by atoms with van der Waals surface area (Å²) in [5.41, 5.74) is 0. The molecule has 0 saturated carbocycles. The first-order valence-electron chi connectivity index (χ1n) is 5.51. The van der Waals surface area contributed by atoms with E-state index in [1.165, 1.54) is 38.4 Å². The Morgan fingerprint density at radius 1 is 1.00 bits per heavy atom. The summed E-state index contributed by atoms with van der Waals surface area (Å²) in [7, 11) is 0. The van der Waals surface area contributed by atoms with Gasteiger partial charge in [-0.3, -0.25) is 0 Å². The van der Waals surface area contributed by atoms with Gasteiger partial charge in [0.1, 0.15) is 12.9 Å². The van der Waals surface area contributed by atoms with Crippen LogP contribution in [0.25, 0.3) is 0 Å². The van der Waals surface area contributed by atoms with E-state index in [0.717, 1.165) is 0 Å². The summed E-state index contributed by atoms with van der Waals surface area (Å²) in [6.45, 7) is 5.03. The van der Waals surface area contributed by atoms with Gasteiger partial charge in [-0.25, -0.2) is 0 Å². The molecule has 2 heteroatoms. The lowest BCUT2D eigenvalue weighted by Crippen LogP contribution is -1.83. The van der Waals surface area contributed by atoms with Crippen molar-refractivity contribution in [2.75, 3.05) is 6.61 Å². The third-order valence-corrected chi connectivity index (χ3v) is 1.82. The van der Waals surface area contributed by atoms with Crippen molar-refractivity contribution in [3.05, 3.63) is 24.5 Å². The molecule has 0 fully saturated rings. The highest BCUT2D eigenvalue weighted by Gasteiger charge is 1.80. The molecule has 2 nitrogen and oxygen atoms in total. The molecule has 0 atom stereocenters. The molecule has 0 amide bonds. The monoisotopic (exact) mass is 198 g/mol. The van der Waals surface area contributed by atoms with Crippen molar-refractivity contribution in [1.29, 1.82) is 0 Å². The predicted octanol–water partition coefficient (Wildman–Crippen LogP) is 3.99. The SMILES string of the molecule is C1=CCOOC=C1.CCCCCCC. The second-order valence-corrected chi connectivity index (χ2v) is 3.20. The lowest BCUT2D eigenvalue weighted by Gasteiger charge is -1.90. The van der Waals surface area contributed by atoms with Crippen molar-refractivity contribution < 1.29 is 9.78 Å². The summed E-state index contributed by atoms with van der Waals surface area (Å²) in [4.78, 5) is 8.97. The van der Waals surface area contributed by atoms with E-state index in [-0.39, 0.29) is 0 Å². The van der Waals surface area contributed by atoms with Crippen molar-refractivity contribution in [2.24, 2.45) is 0 Å². The largest absolute Gasteiger partial charge is 0.345 e. The lowest BCUT2D eigenvalue weighted by molar-refractivity contribution is -0.237. The first kappa shape index (κ1) is 13.2. The van der Waals surface area contributed by atoms with E-state index in [0.29, 0.717) is 6.61 Å². The summed E-state index contributed by atoms with van der Waals surface area (Å²) in [5.74, 6) is 0. The van der Waals surface area contributed by atoms with Crippen LogP contribution in [0.1, 0.15) is 46.0 Å². The number of hydrogen-bond donors (Lipinski definition) is 0. The fraction of sp³-hybridized carbons (Fsp3) is 0.667. The summed E-state index contributed by atoms with van der Waals surface area (Å²) in [6.07, 6.45) is 14.0. The molecule has 82 valence electrons. The molecule has 0 spiro atoms. The highest BCUT2D eigenvalue weighted by Crippen LogP contribution is 2.00. The van der Waals surface area contributed by atoms with Crippen LogP contribution in [0.4, 0.5) is 0 Å². The van der Waals surface area contributed by atoms with Gasteiger partial charge in [0.2, 0.25) is 0 Å². The Bertz CT molecular complexity index is 134. The summed E-state index contributed by atoms with van der Waals surface area (Å²) < 4.78 is 0. The van der Waals surface area contributed by atoms with Crippen LogP contribution in [-0.4, -0.2) is 6.61 Å². The first-order valence-corrected chi connectivity index (χ1v) is 5.51. The maximum Gasteiger partial charge on any atom is 0.129 e. The number of rotatable bonds is 4. The normalized spacial score (nSPS) is 13.9. The standard InChI is InChI=1S/C7H16.C5H6O2/c1-3-5-7-6-4-2;1-2-4-6-7-5-3-1/h3-7H2,1-2H3;1-4H,5H2. The first-order chi connectivity index (χ1) is 6.91. The minimum absolute atomic E-state index is 0.535. The molecule has 1 heterocycles. The second kappa shape index (κ2) is 12.2. The average molecular weight is 198 g/mol. The second-order valence-electron chi connectivity index (χ2n) is 3.20. The van der Waals surface area contributed by atoms with Crippen LogP contribution in [0.2, 0.25) is 0 Å². The molecule has 14 heavy (non-hydrogen) atoms. The molecule has 0 aromatic carbocycles. The quantitative estimate of drug-likeness (QED) is 0.502. The van der Waals surface area contributed by atoms with Crippen molar-refractivity contribution in [3.63, 3.8) is 0 Å². The Hall–Kier alpha value is -0.760. The number of hydrogen-bond acceptors (Lipinski definition) is 2. The molecular formula is C12H22O2. The van der Waals surface area contributed by atoms with Gasteiger partial charge in [0.15, 0.2) is 0 Å². The molecule has 0 aromatic heterocycles. The lowest BCUT2D eigenvalue weighted by atomic mass is 10.2. The van der Waals surface area contributed by atoms with E-state index in [1.807, 2.05) is 12.2 Å². The summed E-state index contributed by atoms with van der Waals surface area (Å²) in [6, 6.07) is 0. The van der Waals surface area contributed by atoms with E-state index < -0.39 is 0 Å². The van der Waals surface area contributed by atoms with Gasteiger partial charge in [-0.05, 0) is 6.08 Å². The molecule has 0 radical (unpaired) electrons. The van der Waals surface area contributed by atoms with E-state index in [1.54, 1.807) is 6.08 Å². The highest BCUT2D eigenvalue weighted by atomic mass is 17.2. The van der Waals surface area contributed by atoms with Gasteiger partial charge in [0.25, 0.3) is 0 Å². The predicted molar refractivity (Wildman–Crippen MR) is 59.8 cm³/mol. The van der Waals surface area contributed by atoms with Gasteiger partial charge in [-0.1, -0.05) is 58.1 Å². The van der Waals surface area contributed by atoms with Crippen LogP contribution < -0.4 is 0 Å². The molecule has 1 aliphatic heterocycles. The highest BCUT2D eigenvalue weighted by molar-refractivity contribution is 5.00. The van der Waals surface area contributed by atoms with E-state index in [4.69, 9.17) is 0 Å². The van der Waals surface area contributed by atoms with Gasteiger partial charge in [0.05, 0.1) is 0 Å². The Labute approximate surface area is 87.5 Å². The Morgan fingerprint density at radius 2 is 1.71 bits per heavy atom. The van der Waals surface area contributed by atoms with Gasteiger partial charge in [0, 0.05) is 0 Å². The minimum atomic E-state index is 0.535.